The molecule has 0 saturated carbocycles. The van der Waals surface area contributed by atoms with E-state index in [9.17, 15) is 13.6 Å². The van der Waals surface area contributed by atoms with Gasteiger partial charge in [0.25, 0.3) is 0 Å². The third-order valence-corrected chi connectivity index (χ3v) is 3.57. The van der Waals surface area contributed by atoms with Crippen molar-refractivity contribution in [2.24, 2.45) is 0 Å². The Bertz CT molecular complexity index is 674. The van der Waals surface area contributed by atoms with Crippen molar-refractivity contribution in [3.63, 3.8) is 0 Å². The van der Waals surface area contributed by atoms with Gasteiger partial charge in [-0.05, 0) is 42.7 Å². The predicted octanol–water partition coefficient (Wildman–Crippen LogP) is 4.02. The van der Waals surface area contributed by atoms with E-state index in [4.69, 9.17) is 0 Å². The Kier molecular flexibility index (Phi) is 5.68. The summed E-state index contributed by atoms with van der Waals surface area (Å²) < 4.78 is 28.9. The van der Waals surface area contributed by atoms with Crippen LogP contribution in [0.15, 0.2) is 48.5 Å². The van der Waals surface area contributed by atoms with Crippen LogP contribution in [0.3, 0.4) is 0 Å². The molecule has 0 aliphatic heterocycles. The van der Waals surface area contributed by atoms with Gasteiger partial charge in [-0.2, -0.15) is 8.78 Å². The number of amides is 1. The number of halogens is 2. The van der Waals surface area contributed by atoms with Crippen LogP contribution in [-0.2, 0) is 11.2 Å². The number of hydrogen-bond acceptors (Lipinski definition) is 2. The van der Waals surface area contributed by atoms with Crippen molar-refractivity contribution >= 4 is 5.91 Å². The number of ether oxygens (including phenoxy) is 1. The smallest absolute Gasteiger partial charge is 0.387 e. The van der Waals surface area contributed by atoms with Gasteiger partial charge >= 0.3 is 6.61 Å². The van der Waals surface area contributed by atoms with E-state index in [1.54, 1.807) is 19.1 Å². The van der Waals surface area contributed by atoms with Crippen molar-refractivity contribution in [2.75, 3.05) is 0 Å². The summed E-state index contributed by atoms with van der Waals surface area (Å²) in [7, 11) is 0. The SMILES string of the molecule is Cc1ccccc1CC(=O)N[C@H](C)c1cccc(OC(F)F)c1. The quantitative estimate of drug-likeness (QED) is 0.873. The van der Waals surface area contributed by atoms with Crippen LogP contribution in [0.2, 0.25) is 0 Å². The zero-order valence-electron chi connectivity index (χ0n) is 13.1. The molecule has 3 nitrogen and oxygen atoms in total. The van der Waals surface area contributed by atoms with Gasteiger partial charge in [0, 0.05) is 0 Å². The average molecular weight is 319 g/mol. The molecule has 5 heteroatoms. The van der Waals surface area contributed by atoms with Crippen LogP contribution in [-0.4, -0.2) is 12.5 Å². The number of rotatable bonds is 6. The van der Waals surface area contributed by atoms with Crippen molar-refractivity contribution in [2.45, 2.75) is 32.9 Å². The summed E-state index contributed by atoms with van der Waals surface area (Å²) in [5, 5.41) is 2.87. The number of benzene rings is 2. The first-order valence-corrected chi connectivity index (χ1v) is 7.34. The van der Waals surface area contributed by atoms with E-state index in [1.807, 2.05) is 31.2 Å². The minimum atomic E-state index is -2.86. The number of carbonyl (C=O) groups excluding carboxylic acids is 1. The lowest BCUT2D eigenvalue weighted by Gasteiger charge is -2.16. The molecule has 0 radical (unpaired) electrons. The molecule has 0 aliphatic rings. The normalized spacial score (nSPS) is 12.0. The van der Waals surface area contributed by atoms with Crippen LogP contribution in [0.25, 0.3) is 0 Å². The van der Waals surface area contributed by atoms with Crippen molar-refractivity contribution in [3.05, 3.63) is 65.2 Å². The number of nitrogens with one attached hydrogen (secondary N) is 1. The van der Waals surface area contributed by atoms with Crippen LogP contribution >= 0.6 is 0 Å². The highest BCUT2D eigenvalue weighted by Crippen LogP contribution is 2.21. The molecule has 23 heavy (non-hydrogen) atoms. The number of hydrogen-bond donors (Lipinski definition) is 1. The standard InChI is InChI=1S/C18H19F2NO2/c1-12-6-3-4-7-14(12)11-17(22)21-13(2)15-8-5-9-16(10-15)23-18(19)20/h3-10,13,18H,11H2,1-2H3,(H,21,22)/t13-/m1/s1. The van der Waals surface area contributed by atoms with Crippen molar-refractivity contribution in [1.29, 1.82) is 0 Å². The molecule has 0 unspecified atom stereocenters. The molecule has 1 amide bonds. The summed E-state index contributed by atoms with van der Waals surface area (Å²) in [6, 6.07) is 13.7. The highest BCUT2D eigenvalue weighted by atomic mass is 19.3. The van der Waals surface area contributed by atoms with E-state index in [-0.39, 0.29) is 24.1 Å². The van der Waals surface area contributed by atoms with Gasteiger partial charge in [-0.3, -0.25) is 4.79 Å². The monoisotopic (exact) mass is 319 g/mol. The first kappa shape index (κ1) is 16.9. The molecule has 0 bridgehead atoms. The topological polar surface area (TPSA) is 38.3 Å². The summed E-state index contributed by atoms with van der Waals surface area (Å²) in [4.78, 5) is 12.1. The molecule has 122 valence electrons. The molecule has 2 aromatic carbocycles. The Labute approximate surface area is 134 Å². The maximum Gasteiger partial charge on any atom is 0.387 e. The third-order valence-electron chi connectivity index (χ3n) is 3.57. The Balaban J connectivity index is 1.99. The fourth-order valence-electron chi connectivity index (χ4n) is 2.32. The molecule has 0 fully saturated rings. The molecule has 2 aromatic rings. The van der Waals surface area contributed by atoms with Gasteiger partial charge in [0.05, 0.1) is 12.5 Å². The Hall–Kier alpha value is -2.43. The Morgan fingerprint density at radius 2 is 1.91 bits per heavy atom. The maximum atomic E-state index is 12.3. The third kappa shape index (κ3) is 5.06. The maximum absolute atomic E-state index is 12.3. The van der Waals surface area contributed by atoms with Crippen LogP contribution < -0.4 is 10.1 Å². The lowest BCUT2D eigenvalue weighted by Crippen LogP contribution is -2.28. The molecule has 0 heterocycles. The largest absolute Gasteiger partial charge is 0.435 e. The number of carbonyl (C=O) groups is 1. The second-order valence-corrected chi connectivity index (χ2v) is 5.34. The summed E-state index contributed by atoms with van der Waals surface area (Å²) >= 11 is 0. The van der Waals surface area contributed by atoms with Crippen LogP contribution in [0, 0.1) is 6.92 Å². The predicted molar refractivity (Wildman–Crippen MR) is 84.5 cm³/mol. The summed E-state index contributed by atoms with van der Waals surface area (Å²) in [6.07, 6.45) is 0.282. The molecular weight excluding hydrogens is 300 g/mol. The minimum absolute atomic E-state index is 0.0810. The first-order chi connectivity index (χ1) is 11.0. The average Bonchev–Trinajstić information content (AvgIpc) is 2.49. The van der Waals surface area contributed by atoms with Gasteiger partial charge in [0.1, 0.15) is 5.75 Å². The molecule has 1 N–H and O–H groups in total. The Morgan fingerprint density at radius 3 is 2.61 bits per heavy atom. The molecule has 0 spiro atoms. The highest BCUT2D eigenvalue weighted by Gasteiger charge is 2.12. The molecule has 1 atom stereocenters. The molecular formula is C18H19F2NO2. The second-order valence-electron chi connectivity index (χ2n) is 5.34. The van der Waals surface area contributed by atoms with E-state index in [0.29, 0.717) is 5.56 Å². The fraction of sp³-hybridized carbons (Fsp3) is 0.278. The van der Waals surface area contributed by atoms with Gasteiger partial charge < -0.3 is 10.1 Å². The summed E-state index contributed by atoms with van der Waals surface area (Å²) in [5.41, 5.74) is 2.73. The molecule has 0 aromatic heterocycles. The Morgan fingerprint density at radius 1 is 1.17 bits per heavy atom. The van der Waals surface area contributed by atoms with Crippen LogP contribution in [0.1, 0.15) is 29.7 Å². The molecule has 2 rings (SSSR count). The highest BCUT2D eigenvalue weighted by molar-refractivity contribution is 5.79. The second kappa shape index (κ2) is 7.72. The van der Waals surface area contributed by atoms with E-state index in [1.165, 1.54) is 12.1 Å². The van der Waals surface area contributed by atoms with Gasteiger partial charge in [-0.1, -0.05) is 36.4 Å². The minimum Gasteiger partial charge on any atom is -0.435 e. The van der Waals surface area contributed by atoms with E-state index in [2.05, 4.69) is 10.1 Å². The molecule has 0 saturated heterocycles. The van der Waals surface area contributed by atoms with Gasteiger partial charge in [-0.25, -0.2) is 0 Å². The van der Waals surface area contributed by atoms with Gasteiger partial charge in [0.15, 0.2) is 0 Å². The van der Waals surface area contributed by atoms with Crippen molar-refractivity contribution < 1.29 is 18.3 Å². The van der Waals surface area contributed by atoms with Crippen molar-refractivity contribution in [1.82, 2.24) is 5.32 Å². The van der Waals surface area contributed by atoms with Gasteiger partial charge in [0.2, 0.25) is 5.91 Å². The number of aryl methyl sites for hydroxylation is 1. The van der Waals surface area contributed by atoms with Gasteiger partial charge in [-0.15, -0.1) is 0 Å². The number of alkyl halides is 2. The lowest BCUT2D eigenvalue weighted by atomic mass is 10.0. The van der Waals surface area contributed by atoms with Crippen LogP contribution in [0.5, 0.6) is 5.75 Å². The summed E-state index contributed by atoms with van der Waals surface area (Å²) in [6.45, 7) is 0.894. The first-order valence-electron chi connectivity index (χ1n) is 7.34. The molecule has 0 aliphatic carbocycles. The van der Waals surface area contributed by atoms with E-state index in [0.717, 1.165) is 11.1 Å². The van der Waals surface area contributed by atoms with Crippen LogP contribution in [0.4, 0.5) is 8.78 Å². The zero-order chi connectivity index (χ0) is 16.8. The zero-order valence-corrected chi connectivity index (χ0v) is 13.1. The van der Waals surface area contributed by atoms with Crippen molar-refractivity contribution in [3.8, 4) is 5.75 Å². The van der Waals surface area contributed by atoms with E-state index >= 15 is 0 Å². The van der Waals surface area contributed by atoms with E-state index < -0.39 is 6.61 Å². The fourth-order valence-corrected chi connectivity index (χ4v) is 2.32. The lowest BCUT2D eigenvalue weighted by molar-refractivity contribution is -0.121. The summed E-state index contributed by atoms with van der Waals surface area (Å²) in [5.74, 6) is -0.0375.